The number of hydrogen-bond acceptors (Lipinski definition) is 5. The molecule has 1 aromatic carbocycles. The fourth-order valence-electron chi connectivity index (χ4n) is 3.00. The summed E-state index contributed by atoms with van der Waals surface area (Å²) in [4.78, 5) is 9.44. The zero-order valence-corrected chi connectivity index (χ0v) is 15.5. The van der Waals surface area contributed by atoms with Crippen LogP contribution in [0.15, 0.2) is 36.9 Å². The highest BCUT2D eigenvalue weighted by molar-refractivity contribution is 5.72. The summed E-state index contributed by atoms with van der Waals surface area (Å²) in [5.41, 5.74) is 0.927. The van der Waals surface area contributed by atoms with Gasteiger partial charge in [0.2, 0.25) is 0 Å². The molecule has 25 heavy (non-hydrogen) atoms. The van der Waals surface area contributed by atoms with Crippen molar-refractivity contribution in [3.05, 3.63) is 42.5 Å². The van der Waals surface area contributed by atoms with Crippen LogP contribution in [0.3, 0.4) is 0 Å². The Morgan fingerprint density at radius 3 is 2.44 bits per heavy atom. The van der Waals surface area contributed by atoms with Crippen molar-refractivity contribution in [2.24, 2.45) is 0 Å². The average Bonchev–Trinajstić information content (AvgIpc) is 3.33. The third-order valence-electron chi connectivity index (χ3n) is 4.18. The maximum atomic E-state index is 9.44. The lowest BCUT2D eigenvalue weighted by atomic mass is 9.89. The first-order chi connectivity index (χ1) is 11.9. The third kappa shape index (κ3) is 5.39. The molecule has 2 aliphatic rings. The molecule has 0 aromatic heterocycles. The molecule has 2 fully saturated rings. The molecule has 0 amide bonds. The molecule has 4 atom stereocenters. The molecule has 3 rings (SSSR count). The maximum Gasteiger partial charge on any atom is 0.126 e. The molecule has 1 spiro atoms. The van der Waals surface area contributed by atoms with Crippen molar-refractivity contribution in [1.82, 2.24) is 0 Å². The van der Waals surface area contributed by atoms with Gasteiger partial charge < -0.3 is 23.7 Å². The molecule has 5 heteroatoms. The molecule has 0 aliphatic carbocycles. The van der Waals surface area contributed by atoms with Crippen LogP contribution in [0.25, 0.3) is 0 Å². The summed E-state index contributed by atoms with van der Waals surface area (Å²) in [7, 11) is 1.66. The quantitative estimate of drug-likeness (QED) is 0.603. The number of hydrogen-bond donors (Lipinski definition) is 0. The van der Waals surface area contributed by atoms with Gasteiger partial charge in [-0.25, -0.2) is 0 Å². The molecule has 5 nitrogen and oxygen atoms in total. The second-order valence-corrected chi connectivity index (χ2v) is 6.69. The predicted octanol–water partition coefficient (Wildman–Crippen LogP) is 3.31. The van der Waals surface area contributed by atoms with Gasteiger partial charge in [0.05, 0.1) is 26.4 Å². The number of carbonyl (C=O) groups is 1. The van der Waals surface area contributed by atoms with Crippen LogP contribution >= 0.6 is 0 Å². The van der Waals surface area contributed by atoms with Gasteiger partial charge in [-0.1, -0.05) is 18.2 Å². The zero-order chi connectivity index (χ0) is 18.4. The summed E-state index contributed by atoms with van der Waals surface area (Å²) >= 11 is 0. The molecule has 2 saturated heterocycles. The Morgan fingerprint density at radius 2 is 1.96 bits per heavy atom. The molecule has 0 bridgehead atoms. The van der Waals surface area contributed by atoms with Crippen molar-refractivity contribution in [1.29, 1.82) is 0 Å². The van der Waals surface area contributed by atoms with Crippen LogP contribution in [0.4, 0.5) is 0 Å². The van der Waals surface area contributed by atoms with Gasteiger partial charge in [0.1, 0.15) is 29.3 Å². The Balaban J connectivity index is 0.000000511. The molecule has 138 valence electrons. The average molecular weight is 348 g/mol. The lowest BCUT2D eigenvalue weighted by Crippen LogP contribution is -2.50. The van der Waals surface area contributed by atoms with Crippen molar-refractivity contribution in [2.75, 3.05) is 13.7 Å². The van der Waals surface area contributed by atoms with Gasteiger partial charge in [0.15, 0.2) is 0 Å². The first kappa shape index (κ1) is 19.6. The SMILES string of the molecule is C=C[C@H]1O[C@H](C)C[C@@]2(CO2)[C@@H]1OCc1ccc(OC)cc1.CC(C)=O. The molecular weight excluding hydrogens is 320 g/mol. The van der Waals surface area contributed by atoms with E-state index in [1.807, 2.05) is 30.3 Å². The zero-order valence-electron chi connectivity index (χ0n) is 15.5. The fraction of sp³-hybridized carbons (Fsp3) is 0.550. The van der Waals surface area contributed by atoms with E-state index in [9.17, 15) is 4.79 Å². The van der Waals surface area contributed by atoms with Crippen molar-refractivity contribution in [2.45, 2.75) is 57.7 Å². The summed E-state index contributed by atoms with van der Waals surface area (Å²) < 4.78 is 22.9. The molecule has 1 aromatic rings. The molecule has 0 radical (unpaired) electrons. The monoisotopic (exact) mass is 348 g/mol. The fourth-order valence-corrected chi connectivity index (χ4v) is 3.00. The first-order valence-electron chi connectivity index (χ1n) is 8.54. The predicted molar refractivity (Wildman–Crippen MR) is 95.8 cm³/mol. The van der Waals surface area contributed by atoms with Crippen molar-refractivity contribution in [3.63, 3.8) is 0 Å². The highest BCUT2D eigenvalue weighted by atomic mass is 16.6. The smallest absolute Gasteiger partial charge is 0.126 e. The number of epoxide rings is 1. The number of benzene rings is 1. The van der Waals surface area contributed by atoms with E-state index in [0.29, 0.717) is 6.61 Å². The number of Topliss-reactive ketones (excluding diaryl/α,β-unsaturated/α-hetero) is 1. The molecule has 0 N–H and O–H groups in total. The van der Waals surface area contributed by atoms with E-state index in [4.69, 9.17) is 18.9 Å². The molecule has 0 unspecified atom stereocenters. The van der Waals surface area contributed by atoms with Crippen LogP contribution in [0, 0.1) is 0 Å². The molecule has 0 saturated carbocycles. The molecular formula is C20H28O5. The first-order valence-corrected chi connectivity index (χ1v) is 8.54. The maximum absolute atomic E-state index is 9.44. The summed E-state index contributed by atoms with van der Waals surface area (Å²) in [6.45, 7) is 10.3. The minimum Gasteiger partial charge on any atom is -0.497 e. The summed E-state index contributed by atoms with van der Waals surface area (Å²) in [6.07, 6.45) is 2.67. The number of rotatable bonds is 5. The Morgan fingerprint density at radius 1 is 1.36 bits per heavy atom. The summed E-state index contributed by atoms with van der Waals surface area (Å²) in [5, 5.41) is 0. The lowest BCUT2D eigenvalue weighted by molar-refractivity contribution is -0.155. The van der Waals surface area contributed by atoms with Gasteiger partial charge in [-0.2, -0.15) is 0 Å². The lowest BCUT2D eigenvalue weighted by Gasteiger charge is -2.38. The number of ether oxygens (including phenoxy) is 4. The van der Waals surface area contributed by atoms with Gasteiger partial charge >= 0.3 is 0 Å². The Hall–Kier alpha value is -1.69. The Labute approximate surface area is 149 Å². The largest absolute Gasteiger partial charge is 0.497 e. The van der Waals surface area contributed by atoms with Gasteiger partial charge in [0, 0.05) is 6.42 Å². The standard InChI is InChI=1S/C17H22O4.C3H6O/c1-4-15-16(17(11-20-17)9-12(2)21-15)19-10-13-5-7-14(18-3)8-6-13;1-3(2)4/h4-8,12,15-16H,1,9-11H2,2-3H3;1-2H3/t12-,15-,16-,17-;/m1./s1. The van der Waals surface area contributed by atoms with Gasteiger partial charge in [0.25, 0.3) is 0 Å². The molecule has 2 aliphatic heterocycles. The van der Waals surface area contributed by atoms with Gasteiger partial charge in [-0.05, 0) is 38.5 Å². The Bertz CT molecular complexity index is 572. The summed E-state index contributed by atoms with van der Waals surface area (Å²) in [6, 6.07) is 7.89. The number of methoxy groups -OCH3 is 1. The highest BCUT2D eigenvalue weighted by Gasteiger charge is 2.58. The topological polar surface area (TPSA) is 57.3 Å². The van der Waals surface area contributed by atoms with Crippen LogP contribution in [-0.2, 0) is 25.6 Å². The van der Waals surface area contributed by atoms with Crippen molar-refractivity contribution < 1.29 is 23.7 Å². The van der Waals surface area contributed by atoms with Crippen LogP contribution in [0.2, 0.25) is 0 Å². The minimum atomic E-state index is -0.178. The van der Waals surface area contributed by atoms with Crippen LogP contribution in [0.1, 0.15) is 32.8 Å². The minimum absolute atomic E-state index is 0.0895. The van der Waals surface area contributed by atoms with Crippen LogP contribution in [0.5, 0.6) is 5.75 Å². The normalized spacial score (nSPS) is 30.2. The molecule has 2 heterocycles. The van der Waals surface area contributed by atoms with E-state index >= 15 is 0 Å². The number of ketones is 1. The Kier molecular flexibility index (Phi) is 6.76. The summed E-state index contributed by atoms with van der Waals surface area (Å²) in [5.74, 6) is 1.01. The van der Waals surface area contributed by atoms with Crippen LogP contribution < -0.4 is 4.74 Å². The third-order valence-corrected chi connectivity index (χ3v) is 4.18. The van der Waals surface area contributed by atoms with Crippen LogP contribution in [-0.4, -0.2) is 43.4 Å². The van der Waals surface area contributed by atoms with E-state index < -0.39 is 0 Å². The van der Waals surface area contributed by atoms with E-state index in [1.54, 1.807) is 7.11 Å². The van der Waals surface area contributed by atoms with E-state index in [-0.39, 0.29) is 29.7 Å². The van der Waals surface area contributed by atoms with Gasteiger partial charge in [-0.3, -0.25) is 0 Å². The highest BCUT2D eigenvalue weighted by Crippen LogP contribution is 2.44. The van der Waals surface area contributed by atoms with Crippen molar-refractivity contribution >= 4 is 5.78 Å². The van der Waals surface area contributed by atoms with E-state index in [0.717, 1.165) is 24.3 Å². The second kappa shape index (κ2) is 8.61. The van der Waals surface area contributed by atoms with E-state index in [1.165, 1.54) is 13.8 Å². The van der Waals surface area contributed by atoms with Crippen molar-refractivity contribution in [3.8, 4) is 5.75 Å². The van der Waals surface area contributed by atoms with Gasteiger partial charge in [-0.15, -0.1) is 6.58 Å². The number of carbonyl (C=O) groups excluding carboxylic acids is 1. The van der Waals surface area contributed by atoms with E-state index in [2.05, 4.69) is 13.5 Å². The second-order valence-electron chi connectivity index (χ2n) is 6.69.